The molecule has 1 aliphatic carbocycles. The van der Waals surface area contributed by atoms with Gasteiger partial charge < -0.3 is 24.0 Å². The number of ether oxygens (including phenoxy) is 3. The van der Waals surface area contributed by atoms with Gasteiger partial charge in [-0.25, -0.2) is 0 Å². The highest BCUT2D eigenvalue weighted by Gasteiger charge is 2.39. The number of anilines is 1. The van der Waals surface area contributed by atoms with Crippen LogP contribution in [0.25, 0.3) is 11.3 Å². The summed E-state index contributed by atoms with van der Waals surface area (Å²) in [4.78, 5) is 5.16. The van der Waals surface area contributed by atoms with Crippen molar-refractivity contribution in [2.24, 2.45) is 5.41 Å². The highest BCUT2D eigenvalue weighted by atomic mass is 16.5. The molecule has 0 bridgehead atoms. The summed E-state index contributed by atoms with van der Waals surface area (Å²) in [6.45, 7) is 4.74. The molecule has 3 aliphatic rings. The molecule has 33 heavy (non-hydrogen) atoms. The molecule has 1 saturated carbocycles. The van der Waals surface area contributed by atoms with Gasteiger partial charge in [-0.15, -0.1) is 10.2 Å². The Morgan fingerprint density at radius 1 is 0.818 bits per heavy atom. The van der Waals surface area contributed by atoms with E-state index in [4.69, 9.17) is 14.2 Å². The number of benzene rings is 1. The van der Waals surface area contributed by atoms with Gasteiger partial charge in [0, 0.05) is 24.7 Å². The first-order valence-electron chi connectivity index (χ1n) is 12.3. The summed E-state index contributed by atoms with van der Waals surface area (Å²) in [5.74, 6) is 2.77. The third kappa shape index (κ3) is 4.35. The lowest BCUT2D eigenvalue weighted by Crippen LogP contribution is -2.51. The minimum absolute atomic E-state index is 0.542. The number of methoxy groups -OCH3 is 3. The van der Waals surface area contributed by atoms with Crippen molar-refractivity contribution < 1.29 is 14.2 Å². The second-order valence-corrected chi connectivity index (χ2v) is 9.80. The van der Waals surface area contributed by atoms with Crippen LogP contribution in [-0.4, -0.2) is 68.6 Å². The molecule has 2 aliphatic heterocycles. The van der Waals surface area contributed by atoms with E-state index in [1.807, 2.05) is 18.2 Å². The van der Waals surface area contributed by atoms with Gasteiger partial charge in [-0.2, -0.15) is 0 Å². The second-order valence-electron chi connectivity index (χ2n) is 9.80. The van der Waals surface area contributed by atoms with E-state index in [2.05, 4.69) is 26.1 Å². The standard InChI is InChI=1S/C26H36N4O3/c1-31-22-17-19(18-23(32-2)25(22)33-3)21-7-8-24(28-27-21)30-15-11-26(12-16-30)9-13-29(14-10-26)20-5-4-6-20/h7-8,17-18,20H,4-6,9-16H2,1-3H3. The zero-order valence-corrected chi connectivity index (χ0v) is 20.2. The number of aromatic nitrogens is 2. The molecule has 2 saturated heterocycles. The largest absolute Gasteiger partial charge is 0.493 e. The summed E-state index contributed by atoms with van der Waals surface area (Å²) in [5, 5.41) is 9.10. The van der Waals surface area contributed by atoms with E-state index in [0.29, 0.717) is 22.7 Å². The topological polar surface area (TPSA) is 60.0 Å². The second kappa shape index (κ2) is 9.37. The van der Waals surface area contributed by atoms with Crippen LogP contribution in [0.2, 0.25) is 0 Å². The van der Waals surface area contributed by atoms with Crippen molar-refractivity contribution in [2.75, 3.05) is 52.4 Å². The third-order valence-electron chi connectivity index (χ3n) is 8.21. The number of hydrogen-bond acceptors (Lipinski definition) is 7. The van der Waals surface area contributed by atoms with Gasteiger partial charge >= 0.3 is 0 Å². The maximum absolute atomic E-state index is 5.48. The number of piperidine rings is 2. The summed E-state index contributed by atoms with van der Waals surface area (Å²) in [6, 6.07) is 8.83. The van der Waals surface area contributed by atoms with Crippen LogP contribution < -0.4 is 19.1 Å². The molecule has 178 valence electrons. The van der Waals surface area contributed by atoms with Crippen molar-refractivity contribution >= 4 is 5.82 Å². The van der Waals surface area contributed by atoms with Crippen LogP contribution in [0.3, 0.4) is 0 Å². The average Bonchev–Trinajstić information content (AvgIpc) is 2.84. The Kier molecular flexibility index (Phi) is 6.32. The zero-order chi connectivity index (χ0) is 22.8. The van der Waals surface area contributed by atoms with Crippen LogP contribution in [-0.2, 0) is 0 Å². The minimum Gasteiger partial charge on any atom is -0.493 e. The number of nitrogens with zero attached hydrogens (tertiary/aromatic N) is 4. The third-order valence-corrected chi connectivity index (χ3v) is 8.21. The Hall–Kier alpha value is -2.54. The number of hydrogen-bond donors (Lipinski definition) is 0. The molecule has 0 N–H and O–H groups in total. The van der Waals surface area contributed by atoms with Crippen molar-refractivity contribution in [2.45, 2.75) is 51.0 Å². The molecule has 0 atom stereocenters. The first-order valence-corrected chi connectivity index (χ1v) is 12.3. The quantitative estimate of drug-likeness (QED) is 0.644. The smallest absolute Gasteiger partial charge is 0.203 e. The SMILES string of the molecule is COc1cc(-c2ccc(N3CCC4(CC3)CCN(C3CCC3)CC4)nn2)cc(OC)c1OC. The molecule has 1 spiro atoms. The van der Waals surface area contributed by atoms with Crippen molar-refractivity contribution in [1.29, 1.82) is 0 Å². The zero-order valence-electron chi connectivity index (χ0n) is 20.2. The van der Waals surface area contributed by atoms with Gasteiger partial charge in [0.25, 0.3) is 0 Å². The summed E-state index contributed by atoms with van der Waals surface area (Å²) in [7, 11) is 4.85. The lowest BCUT2D eigenvalue weighted by atomic mass is 9.70. The molecule has 2 aromatic rings. The Bertz CT molecular complexity index is 918. The maximum Gasteiger partial charge on any atom is 0.203 e. The summed E-state index contributed by atoms with van der Waals surface area (Å²) < 4.78 is 16.4. The van der Waals surface area contributed by atoms with E-state index in [0.717, 1.165) is 36.2 Å². The first kappa shape index (κ1) is 22.3. The van der Waals surface area contributed by atoms with Gasteiger partial charge in [0.05, 0.1) is 27.0 Å². The van der Waals surface area contributed by atoms with Crippen LogP contribution >= 0.6 is 0 Å². The average molecular weight is 453 g/mol. The van der Waals surface area contributed by atoms with E-state index < -0.39 is 0 Å². The Labute approximate surface area is 197 Å². The van der Waals surface area contributed by atoms with Gasteiger partial charge in [0.2, 0.25) is 5.75 Å². The van der Waals surface area contributed by atoms with Crippen LogP contribution in [0.15, 0.2) is 24.3 Å². The lowest BCUT2D eigenvalue weighted by molar-refractivity contribution is 0.0305. The molecule has 0 amide bonds. The molecule has 5 rings (SSSR count). The van der Waals surface area contributed by atoms with Crippen molar-refractivity contribution in [3.05, 3.63) is 24.3 Å². The van der Waals surface area contributed by atoms with Crippen LogP contribution in [0.1, 0.15) is 44.9 Å². The van der Waals surface area contributed by atoms with Crippen LogP contribution in [0, 0.1) is 5.41 Å². The predicted octanol–water partition coefficient (Wildman–Crippen LogP) is 4.40. The van der Waals surface area contributed by atoms with E-state index in [-0.39, 0.29) is 0 Å². The van der Waals surface area contributed by atoms with Gasteiger partial charge in [0.15, 0.2) is 17.3 Å². The summed E-state index contributed by atoms with van der Waals surface area (Å²) in [5.41, 5.74) is 2.22. The molecule has 7 heteroatoms. The Morgan fingerprint density at radius 3 is 1.94 bits per heavy atom. The van der Waals surface area contributed by atoms with Crippen LogP contribution in [0.4, 0.5) is 5.82 Å². The van der Waals surface area contributed by atoms with Gasteiger partial charge in [-0.1, -0.05) is 6.42 Å². The highest BCUT2D eigenvalue weighted by molar-refractivity contribution is 5.68. The molecule has 1 aromatic carbocycles. The fourth-order valence-corrected chi connectivity index (χ4v) is 5.70. The first-order chi connectivity index (χ1) is 16.1. The van der Waals surface area contributed by atoms with E-state index >= 15 is 0 Å². The number of rotatable bonds is 6. The molecule has 0 radical (unpaired) electrons. The van der Waals surface area contributed by atoms with Gasteiger partial charge in [-0.05, 0) is 81.3 Å². The predicted molar refractivity (Wildman–Crippen MR) is 129 cm³/mol. The molecule has 1 aromatic heterocycles. The summed E-state index contributed by atoms with van der Waals surface area (Å²) >= 11 is 0. The van der Waals surface area contributed by atoms with Crippen molar-refractivity contribution in [3.63, 3.8) is 0 Å². The minimum atomic E-state index is 0.542. The molecule has 7 nitrogen and oxygen atoms in total. The van der Waals surface area contributed by atoms with Gasteiger partial charge in [0.1, 0.15) is 0 Å². The molecule has 3 fully saturated rings. The Morgan fingerprint density at radius 2 is 1.45 bits per heavy atom. The normalized spacial score (nSPS) is 21.0. The maximum atomic E-state index is 5.48. The van der Waals surface area contributed by atoms with Crippen LogP contribution in [0.5, 0.6) is 17.2 Å². The molecular formula is C26H36N4O3. The molecule has 0 unspecified atom stereocenters. The fourth-order valence-electron chi connectivity index (χ4n) is 5.70. The Balaban J connectivity index is 1.23. The van der Waals surface area contributed by atoms with Crippen molar-refractivity contribution in [1.82, 2.24) is 15.1 Å². The van der Waals surface area contributed by atoms with E-state index in [9.17, 15) is 0 Å². The van der Waals surface area contributed by atoms with E-state index in [1.54, 1.807) is 21.3 Å². The highest BCUT2D eigenvalue weighted by Crippen LogP contribution is 2.44. The fraction of sp³-hybridized carbons (Fsp3) is 0.615. The van der Waals surface area contributed by atoms with Gasteiger partial charge in [-0.3, -0.25) is 0 Å². The van der Waals surface area contributed by atoms with Crippen molar-refractivity contribution in [3.8, 4) is 28.5 Å². The lowest BCUT2D eigenvalue weighted by Gasteiger charge is -2.50. The molecule has 3 heterocycles. The summed E-state index contributed by atoms with van der Waals surface area (Å²) in [6.07, 6.45) is 9.54. The van der Waals surface area contributed by atoms with E-state index in [1.165, 1.54) is 58.0 Å². The number of likely N-dealkylation sites (tertiary alicyclic amines) is 1. The monoisotopic (exact) mass is 452 g/mol. The molecular weight excluding hydrogens is 416 g/mol.